The van der Waals surface area contributed by atoms with E-state index in [0.29, 0.717) is 0 Å². The van der Waals surface area contributed by atoms with Gasteiger partial charge in [0.1, 0.15) is 0 Å². The Kier molecular flexibility index (Phi) is 5.50. The fourth-order valence-corrected chi connectivity index (χ4v) is 2.11. The van der Waals surface area contributed by atoms with Crippen molar-refractivity contribution in [2.75, 3.05) is 12.4 Å². The molecule has 0 fully saturated rings. The zero-order chi connectivity index (χ0) is 12.9. The molecule has 0 aliphatic rings. The number of thioether (sulfide) groups is 1. The second kappa shape index (κ2) is 6.43. The van der Waals surface area contributed by atoms with Gasteiger partial charge in [0.2, 0.25) is 0 Å². The van der Waals surface area contributed by atoms with Crippen molar-refractivity contribution in [3.8, 4) is 0 Å². The van der Waals surface area contributed by atoms with Gasteiger partial charge in [0, 0.05) is 16.7 Å². The van der Waals surface area contributed by atoms with Crippen LogP contribution in [0.15, 0.2) is 29.2 Å². The van der Waals surface area contributed by atoms with Gasteiger partial charge in [0.25, 0.3) is 0 Å². The monoisotopic (exact) mass is 253 g/mol. The maximum absolute atomic E-state index is 5.81. The molecule has 0 spiro atoms. The number of hydrogen-bond donors (Lipinski definition) is 1. The van der Waals surface area contributed by atoms with Crippen LogP contribution in [-0.2, 0) is 4.74 Å². The summed E-state index contributed by atoms with van der Waals surface area (Å²) in [7, 11) is 0. The van der Waals surface area contributed by atoms with E-state index in [-0.39, 0.29) is 11.6 Å². The first-order valence-electron chi connectivity index (χ1n) is 6.01. The van der Waals surface area contributed by atoms with Crippen molar-refractivity contribution < 1.29 is 4.74 Å². The molecule has 1 unspecified atom stereocenters. The lowest BCUT2D eigenvalue weighted by atomic mass is 10.1. The van der Waals surface area contributed by atoms with E-state index in [0.717, 1.165) is 12.4 Å². The molecular weight excluding hydrogens is 230 g/mol. The van der Waals surface area contributed by atoms with Gasteiger partial charge in [-0.3, -0.25) is 0 Å². The Morgan fingerprint density at radius 1 is 1.24 bits per heavy atom. The summed E-state index contributed by atoms with van der Waals surface area (Å²) in [4.78, 5) is 1.27. The smallest absolute Gasteiger partial charge is 0.0598 e. The summed E-state index contributed by atoms with van der Waals surface area (Å²) in [5.74, 6) is 0.981. The lowest BCUT2D eigenvalue weighted by molar-refractivity contribution is 0.00695. The van der Waals surface area contributed by atoms with Crippen molar-refractivity contribution in [1.82, 2.24) is 0 Å². The summed E-state index contributed by atoms with van der Waals surface area (Å²) < 4.78 is 5.67. The van der Waals surface area contributed by atoms with Crippen LogP contribution in [0.5, 0.6) is 0 Å². The van der Waals surface area contributed by atoms with Crippen LogP contribution in [0.25, 0.3) is 0 Å². The average molecular weight is 253 g/mol. The van der Waals surface area contributed by atoms with Crippen LogP contribution in [0, 0.1) is 0 Å². The van der Waals surface area contributed by atoms with Crippen LogP contribution in [0.1, 0.15) is 39.3 Å². The lowest BCUT2D eigenvalue weighted by Crippen LogP contribution is -2.20. The number of hydrogen-bond acceptors (Lipinski definition) is 3. The van der Waals surface area contributed by atoms with E-state index in [4.69, 9.17) is 10.5 Å². The number of rotatable bonds is 5. The van der Waals surface area contributed by atoms with Gasteiger partial charge in [0.15, 0.2) is 0 Å². The lowest BCUT2D eigenvalue weighted by Gasteiger charge is -2.19. The zero-order valence-corrected chi connectivity index (χ0v) is 12.0. The molecule has 1 rings (SSSR count). The SMILES string of the molecule is CC(N)c1ccc(SCCOC(C)(C)C)cc1. The van der Waals surface area contributed by atoms with Gasteiger partial charge in [-0.1, -0.05) is 12.1 Å². The number of ether oxygens (including phenoxy) is 1. The highest BCUT2D eigenvalue weighted by Crippen LogP contribution is 2.20. The second-order valence-corrected chi connectivity index (χ2v) is 6.34. The van der Waals surface area contributed by atoms with Gasteiger partial charge < -0.3 is 10.5 Å². The Morgan fingerprint density at radius 2 is 1.82 bits per heavy atom. The quantitative estimate of drug-likeness (QED) is 0.643. The third kappa shape index (κ3) is 6.10. The van der Waals surface area contributed by atoms with Crippen LogP contribution < -0.4 is 5.73 Å². The van der Waals surface area contributed by atoms with Gasteiger partial charge in [-0.2, -0.15) is 0 Å². The maximum Gasteiger partial charge on any atom is 0.0598 e. The van der Waals surface area contributed by atoms with Gasteiger partial charge in [-0.15, -0.1) is 11.8 Å². The molecule has 3 heteroatoms. The minimum absolute atomic E-state index is 0.0423. The Balaban J connectivity index is 2.33. The molecule has 1 aromatic rings. The molecule has 0 heterocycles. The molecule has 0 saturated heterocycles. The van der Waals surface area contributed by atoms with Crippen LogP contribution in [0.3, 0.4) is 0 Å². The summed E-state index contributed by atoms with van der Waals surface area (Å²) in [6.07, 6.45) is 0. The van der Waals surface area contributed by atoms with Gasteiger partial charge in [0.05, 0.1) is 12.2 Å². The Bertz CT molecular complexity index is 327. The van der Waals surface area contributed by atoms with Crippen molar-refractivity contribution in [2.45, 2.75) is 44.2 Å². The third-order valence-electron chi connectivity index (χ3n) is 2.29. The first-order valence-corrected chi connectivity index (χ1v) is 6.99. The van der Waals surface area contributed by atoms with Gasteiger partial charge in [-0.05, 0) is 45.4 Å². The first-order chi connectivity index (χ1) is 7.88. The van der Waals surface area contributed by atoms with Gasteiger partial charge >= 0.3 is 0 Å². The van der Waals surface area contributed by atoms with E-state index >= 15 is 0 Å². The average Bonchev–Trinajstić information content (AvgIpc) is 2.24. The summed E-state index contributed by atoms with van der Waals surface area (Å²) in [6.45, 7) is 9.02. The highest BCUT2D eigenvalue weighted by Gasteiger charge is 2.09. The molecule has 0 radical (unpaired) electrons. The molecule has 0 amide bonds. The van der Waals surface area contributed by atoms with E-state index in [9.17, 15) is 0 Å². The second-order valence-electron chi connectivity index (χ2n) is 5.17. The fourth-order valence-electron chi connectivity index (χ4n) is 1.37. The molecule has 1 atom stereocenters. The molecule has 0 aliphatic heterocycles. The predicted octanol–water partition coefficient (Wildman–Crippen LogP) is 3.61. The van der Waals surface area contributed by atoms with E-state index < -0.39 is 0 Å². The molecule has 0 aromatic heterocycles. The summed E-state index contributed by atoms with van der Waals surface area (Å²) in [5.41, 5.74) is 6.95. The summed E-state index contributed by atoms with van der Waals surface area (Å²) >= 11 is 1.82. The number of benzene rings is 1. The molecule has 2 N–H and O–H groups in total. The van der Waals surface area contributed by atoms with Crippen LogP contribution in [0.4, 0.5) is 0 Å². The van der Waals surface area contributed by atoms with E-state index in [1.54, 1.807) is 0 Å². The minimum Gasteiger partial charge on any atom is -0.375 e. The first kappa shape index (κ1) is 14.6. The highest BCUT2D eigenvalue weighted by atomic mass is 32.2. The minimum atomic E-state index is -0.0423. The van der Waals surface area contributed by atoms with E-state index in [2.05, 4.69) is 45.0 Å². The van der Waals surface area contributed by atoms with Gasteiger partial charge in [-0.25, -0.2) is 0 Å². The van der Waals surface area contributed by atoms with E-state index in [1.165, 1.54) is 10.5 Å². The standard InChI is InChI=1S/C14H23NOS/c1-11(15)12-5-7-13(8-6-12)17-10-9-16-14(2,3)4/h5-8,11H,9-10,15H2,1-4H3. The Labute approximate surface area is 109 Å². The molecular formula is C14H23NOS. The van der Waals surface area contributed by atoms with Crippen LogP contribution in [0.2, 0.25) is 0 Å². The molecule has 1 aromatic carbocycles. The highest BCUT2D eigenvalue weighted by molar-refractivity contribution is 7.99. The van der Waals surface area contributed by atoms with Crippen molar-refractivity contribution in [2.24, 2.45) is 5.73 Å². The molecule has 0 aliphatic carbocycles. The fraction of sp³-hybridized carbons (Fsp3) is 0.571. The Morgan fingerprint density at radius 3 is 2.29 bits per heavy atom. The normalized spacial score (nSPS) is 13.7. The molecule has 0 bridgehead atoms. The van der Waals surface area contributed by atoms with Crippen molar-refractivity contribution in [1.29, 1.82) is 0 Å². The molecule has 0 saturated carbocycles. The third-order valence-corrected chi connectivity index (χ3v) is 3.27. The zero-order valence-electron chi connectivity index (χ0n) is 11.2. The van der Waals surface area contributed by atoms with Crippen molar-refractivity contribution >= 4 is 11.8 Å². The van der Waals surface area contributed by atoms with Crippen molar-refractivity contribution in [3.63, 3.8) is 0 Å². The van der Waals surface area contributed by atoms with E-state index in [1.807, 2.05) is 18.7 Å². The molecule has 2 nitrogen and oxygen atoms in total. The topological polar surface area (TPSA) is 35.2 Å². The molecule has 96 valence electrons. The summed E-state index contributed by atoms with van der Waals surface area (Å²) in [6, 6.07) is 8.55. The predicted molar refractivity (Wildman–Crippen MR) is 75.5 cm³/mol. The van der Waals surface area contributed by atoms with Crippen LogP contribution in [-0.4, -0.2) is 18.0 Å². The number of nitrogens with two attached hydrogens (primary N) is 1. The summed E-state index contributed by atoms with van der Waals surface area (Å²) in [5, 5.41) is 0. The van der Waals surface area contributed by atoms with Crippen LogP contribution >= 0.6 is 11.8 Å². The largest absolute Gasteiger partial charge is 0.375 e. The van der Waals surface area contributed by atoms with Crippen molar-refractivity contribution in [3.05, 3.63) is 29.8 Å². The Hall–Kier alpha value is -0.510. The maximum atomic E-state index is 5.81. The molecule has 17 heavy (non-hydrogen) atoms.